The summed E-state index contributed by atoms with van der Waals surface area (Å²) in [4.78, 5) is 25.2. The van der Waals surface area contributed by atoms with E-state index in [1.165, 1.54) is 4.90 Å². The molecule has 4 nitrogen and oxygen atoms in total. The standard InChI is InChI=1S/C12H12BrNO3/c13-6-3-7-14-11(15)8-17-10-5-2-1-4-9(10)12(14)16/h1-2,4-5H,3,6-8H2. The van der Waals surface area contributed by atoms with Crippen LogP contribution in [0, 0.1) is 0 Å². The number of benzene rings is 1. The Hall–Kier alpha value is -1.36. The van der Waals surface area contributed by atoms with Crippen LogP contribution in [0.25, 0.3) is 0 Å². The second kappa shape index (κ2) is 5.31. The highest BCUT2D eigenvalue weighted by Gasteiger charge is 2.28. The maximum absolute atomic E-state index is 12.2. The second-order valence-corrected chi connectivity index (χ2v) is 4.47. The third-order valence-electron chi connectivity index (χ3n) is 2.53. The molecule has 1 heterocycles. The molecule has 2 rings (SSSR count). The van der Waals surface area contributed by atoms with Gasteiger partial charge in [0.15, 0.2) is 6.61 Å². The number of para-hydroxylation sites is 1. The summed E-state index contributed by atoms with van der Waals surface area (Å²) < 4.78 is 5.32. The molecule has 90 valence electrons. The Morgan fingerprint density at radius 2 is 2.06 bits per heavy atom. The number of ether oxygens (including phenoxy) is 1. The van der Waals surface area contributed by atoms with Crippen LogP contribution in [0.5, 0.6) is 5.75 Å². The van der Waals surface area contributed by atoms with Gasteiger partial charge in [-0.3, -0.25) is 14.5 Å². The molecule has 0 unspecified atom stereocenters. The molecule has 0 saturated heterocycles. The zero-order valence-electron chi connectivity index (χ0n) is 9.19. The minimum absolute atomic E-state index is 0.0783. The minimum Gasteiger partial charge on any atom is -0.483 e. The first-order valence-electron chi connectivity index (χ1n) is 5.36. The van der Waals surface area contributed by atoms with E-state index in [4.69, 9.17) is 4.74 Å². The highest BCUT2D eigenvalue weighted by Crippen LogP contribution is 2.22. The van der Waals surface area contributed by atoms with E-state index in [9.17, 15) is 9.59 Å². The van der Waals surface area contributed by atoms with Crippen LogP contribution in [0.1, 0.15) is 16.8 Å². The number of carbonyl (C=O) groups is 2. The minimum atomic E-state index is -0.285. The van der Waals surface area contributed by atoms with Crippen LogP contribution in [0.3, 0.4) is 0 Å². The molecule has 0 atom stereocenters. The summed E-state index contributed by atoms with van der Waals surface area (Å²) in [5, 5.41) is 0.757. The van der Waals surface area contributed by atoms with Gasteiger partial charge >= 0.3 is 0 Å². The first-order chi connectivity index (χ1) is 8.24. The number of halogens is 1. The highest BCUT2D eigenvalue weighted by atomic mass is 79.9. The van der Waals surface area contributed by atoms with Gasteiger partial charge < -0.3 is 4.74 Å². The van der Waals surface area contributed by atoms with E-state index < -0.39 is 0 Å². The number of rotatable bonds is 3. The van der Waals surface area contributed by atoms with E-state index >= 15 is 0 Å². The van der Waals surface area contributed by atoms with Crippen molar-refractivity contribution in [2.24, 2.45) is 0 Å². The van der Waals surface area contributed by atoms with Crippen molar-refractivity contribution in [1.29, 1.82) is 0 Å². The van der Waals surface area contributed by atoms with Gasteiger partial charge in [0.05, 0.1) is 5.56 Å². The van der Waals surface area contributed by atoms with Crippen molar-refractivity contribution in [3.05, 3.63) is 29.8 Å². The van der Waals surface area contributed by atoms with Crippen LogP contribution in [0.4, 0.5) is 0 Å². The monoisotopic (exact) mass is 297 g/mol. The largest absolute Gasteiger partial charge is 0.483 e. The average Bonchev–Trinajstić information content (AvgIpc) is 2.47. The van der Waals surface area contributed by atoms with Crippen molar-refractivity contribution in [3.63, 3.8) is 0 Å². The molecule has 0 fully saturated rings. The Balaban J connectivity index is 2.30. The molecule has 0 radical (unpaired) electrons. The Labute approximate surface area is 108 Å². The van der Waals surface area contributed by atoms with E-state index in [0.717, 1.165) is 11.8 Å². The fraction of sp³-hybridized carbons (Fsp3) is 0.333. The zero-order valence-corrected chi connectivity index (χ0v) is 10.8. The Kier molecular flexibility index (Phi) is 3.78. The van der Waals surface area contributed by atoms with Gasteiger partial charge in [0.2, 0.25) is 0 Å². The first-order valence-corrected chi connectivity index (χ1v) is 6.48. The lowest BCUT2D eigenvalue weighted by Crippen LogP contribution is -2.38. The van der Waals surface area contributed by atoms with Gasteiger partial charge in [0.1, 0.15) is 5.75 Å². The van der Waals surface area contributed by atoms with E-state index in [2.05, 4.69) is 15.9 Å². The van der Waals surface area contributed by atoms with Crippen molar-refractivity contribution >= 4 is 27.7 Å². The molecule has 0 bridgehead atoms. The normalized spacial score (nSPS) is 15.2. The number of nitrogens with zero attached hydrogens (tertiary/aromatic N) is 1. The molecular formula is C12H12BrNO3. The van der Waals surface area contributed by atoms with Gasteiger partial charge in [-0.2, -0.15) is 0 Å². The Morgan fingerprint density at radius 3 is 2.82 bits per heavy atom. The number of amides is 2. The van der Waals surface area contributed by atoms with Gasteiger partial charge in [0, 0.05) is 11.9 Å². The fourth-order valence-electron chi connectivity index (χ4n) is 1.69. The average molecular weight is 298 g/mol. The van der Waals surface area contributed by atoms with E-state index in [1.807, 2.05) is 0 Å². The number of alkyl halides is 1. The third-order valence-corrected chi connectivity index (χ3v) is 3.09. The van der Waals surface area contributed by atoms with Gasteiger partial charge in [-0.05, 0) is 18.6 Å². The quantitative estimate of drug-likeness (QED) is 0.632. The molecule has 1 aromatic carbocycles. The van der Waals surface area contributed by atoms with Crippen LogP contribution >= 0.6 is 15.9 Å². The molecular weight excluding hydrogens is 286 g/mol. The summed E-state index contributed by atoms with van der Waals surface area (Å²) in [5.41, 5.74) is 0.452. The van der Waals surface area contributed by atoms with Crippen molar-refractivity contribution in [3.8, 4) is 5.75 Å². The molecule has 1 aliphatic heterocycles. The molecule has 17 heavy (non-hydrogen) atoms. The van der Waals surface area contributed by atoms with Crippen molar-refractivity contribution in [2.75, 3.05) is 18.5 Å². The molecule has 0 N–H and O–H groups in total. The van der Waals surface area contributed by atoms with E-state index in [0.29, 0.717) is 17.9 Å². The topological polar surface area (TPSA) is 46.6 Å². The maximum atomic E-state index is 12.2. The van der Waals surface area contributed by atoms with E-state index in [-0.39, 0.29) is 18.4 Å². The lowest BCUT2D eigenvalue weighted by atomic mass is 10.2. The van der Waals surface area contributed by atoms with Gasteiger partial charge in [-0.1, -0.05) is 28.1 Å². The smallest absolute Gasteiger partial charge is 0.267 e. The summed E-state index contributed by atoms with van der Waals surface area (Å²) in [5.74, 6) is -0.0802. The van der Waals surface area contributed by atoms with Crippen LogP contribution in [-0.2, 0) is 4.79 Å². The molecule has 0 aliphatic carbocycles. The number of carbonyl (C=O) groups excluding carboxylic acids is 2. The van der Waals surface area contributed by atoms with Crippen LogP contribution in [0.2, 0.25) is 0 Å². The Bertz CT molecular complexity index is 447. The number of imide groups is 1. The zero-order chi connectivity index (χ0) is 12.3. The van der Waals surface area contributed by atoms with E-state index in [1.54, 1.807) is 24.3 Å². The predicted octanol–water partition coefficient (Wildman–Crippen LogP) is 1.83. The molecule has 5 heteroatoms. The van der Waals surface area contributed by atoms with Crippen LogP contribution < -0.4 is 4.74 Å². The summed E-state index contributed by atoms with van der Waals surface area (Å²) in [7, 11) is 0. The van der Waals surface area contributed by atoms with Crippen molar-refractivity contribution < 1.29 is 14.3 Å². The molecule has 1 aliphatic rings. The lowest BCUT2D eigenvalue weighted by molar-refractivity contribution is -0.130. The molecule has 1 aromatic rings. The number of fused-ring (bicyclic) bond motifs is 1. The highest BCUT2D eigenvalue weighted by molar-refractivity contribution is 9.09. The Morgan fingerprint density at radius 1 is 1.29 bits per heavy atom. The van der Waals surface area contributed by atoms with Gasteiger partial charge in [-0.25, -0.2) is 0 Å². The summed E-state index contributed by atoms with van der Waals surface area (Å²) in [6, 6.07) is 6.93. The fourth-order valence-corrected chi connectivity index (χ4v) is 1.94. The second-order valence-electron chi connectivity index (χ2n) is 3.68. The predicted molar refractivity (Wildman–Crippen MR) is 66.4 cm³/mol. The number of hydrogen-bond donors (Lipinski definition) is 0. The SMILES string of the molecule is O=C1COc2ccccc2C(=O)N1CCCBr. The van der Waals surface area contributed by atoms with Crippen LogP contribution in [-0.4, -0.2) is 35.2 Å². The maximum Gasteiger partial charge on any atom is 0.267 e. The van der Waals surface area contributed by atoms with Gasteiger partial charge in [-0.15, -0.1) is 0 Å². The summed E-state index contributed by atoms with van der Waals surface area (Å²) in [6.45, 7) is 0.339. The summed E-state index contributed by atoms with van der Waals surface area (Å²) in [6.07, 6.45) is 0.736. The molecule has 2 amide bonds. The summed E-state index contributed by atoms with van der Waals surface area (Å²) >= 11 is 3.29. The van der Waals surface area contributed by atoms with Crippen LogP contribution in [0.15, 0.2) is 24.3 Å². The van der Waals surface area contributed by atoms with Crippen molar-refractivity contribution in [2.45, 2.75) is 6.42 Å². The van der Waals surface area contributed by atoms with Gasteiger partial charge in [0.25, 0.3) is 11.8 Å². The first kappa shape index (κ1) is 12.1. The number of hydrogen-bond acceptors (Lipinski definition) is 3. The molecule has 0 spiro atoms. The van der Waals surface area contributed by atoms with Crippen molar-refractivity contribution in [1.82, 2.24) is 4.90 Å². The lowest BCUT2D eigenvalue weighted by Gasteiger charge is -2.17. The molecule has 0 saturated carbocycles. The third kappa shape index (κ3) is 2.49. The molecule has 0 aromatic heterocycles.